The van der Waals surface area contributed by atoms with Crippen molar-refractivity contribution in [2.24, 2.45) is 0 Å². The lowest BCUT2D eigenvalue weighted by Gasteiger charge is -2.11. The van der Waals surface area contributed by atoms with Crippen LogP contribution in [0.25, 0.3) is 22.2 Å². The Balaban J connectivity index is 1.23. The highest BCUT2D eigenvalue weighted by molar-refractivity contribution is 6.33. The minimum absolute atomic E-state index is 0.0494. The number of benzene rings is 3. The summed E-state index contributed by atoms with van der Waals surface area (Å²) >= 11 is 6.47. The molecule has 0 saturated carbocycles. The summed E-state index contributed by atoms with van der Waals surface area (Å²) in [5.74, 6) is 0.0575. The number of fused-ring (bicyclic) bond motifs is 1. The maximum absolute atomic E-state index is 12.9. The van der Waals surface area contributed by atoms with Gasteiger partial charge in [-0.1, -0.05) is 29.8 Å². The summed E-state index contributed by atoms with van der Waals surface area (Å²) in [6, 6.07) is 22.0. The number of hydrogen-bond donors (Lipinski definition) is 4. The van der Waals surface area contributed by atoms with Crippen LogP contribution < -0.4 is 16.0 Å². The van der Waals surface area contributed by atoms with E-state index in [0.29, 0.717) is 45.7 Å². The quantitative estimate of drug-likeness (QED) is 0.152. The van der Waals surface area contributed by atoms with Crippen molar-refractivity contribution < 1.29 is 9.59 Å². The van der Waals surface area contributed by atoms with Crippen LogP contribution in [0.5, 0.6) is 0 Å². The second kappa shape index (κ2) is 12.6. The van der Waals surface area contributed by atoms with Crippen molar-refractivity contribution >= 4 is 57.3 Å². The highest BCUT2D eigenvalue weighted by Crippen LogP contribution is 2.32. The Morgan fingerprint density at radius 2 is 1.71 bits per heavy atom. The Kier molecular flexibility index (Phi) is 8.57. The second-order valence-corrected chi connectivity index (χ2v) is 10.2. The van der Waals surface area contributed by atoms with Gasteiger partial charge in [0, 0.05) is 51.7 Å². The first-order valence-corrected chi connectivity index (χ1v) is 13.6. The first-order valence-electron chi connectivity index (χ1n) is 13.2. The molecule has 2 aromatic heterocycles. The van der Waals surface area contributed by atoms with Crippen LogP contribution in [-0.2, 0) is 4.79 Å². The van der Waals surface area contributed by atoms with Gasteiger partial charge in [-0.15, -0.1) is 0 Å². The molecule has 41 heavy (non-hydrogen) atoms. The van der Waals surface area contributed by atoms with E-state index < -0.39 is 0 Å². The number of amides is 2. The van der Waals surface area contributed by atoms with Gasteiger partial charge in [0.1, 0.15) is 0 Å². The summed E-state index contributed by atoms with van der Waals surface area (Å²) in [7, 11) is 3.95. The molecule has 2 amide bonds. The fourth-order valence-corrected chi connectivity index (χ4v) is 4.59. The molecule has 5 aromatic rings. The molecule has 2 heterocycles. The van der Waals surface area contributed by atoms with Crippen LogP contribution >= 0.6 is 11.6 Å². The molecular weight excluding hydrogens is 538 g/mol. The number of rotatable bonds is 10. The monoisotopic (exact) mass is 567 g/mol. The molecule has 5 rings (SSSR count). The Bertz CT molecular complexity index is 1680. The SMILES string of the molecule is CN(C)CCCC(=O)Nc1ccc(C(=O)Nc2cccc(Nc3ncc(Cl)c(-c4cccc5[nH]ccc45)n3)c2)cc1. The summed E-state index contributed by atoms with van der Waals surface area (Å²) < 4.78 is 0. The predicted octanol–water partition coefficient (Wildman–Crippen LogP) is 6.55. The minimum atomic E-state index is -0.268. The average molecular weight is 568 g/mol. The fourth-order valence-electron chi connectivity index (χ4n) is 4.40. The molecule has 0 fully saturated rings. The van der Waals surface area contributed by atoms with Gasteiger partial charge in [-0.2, -0.15) is 0 Å². The lowest BCUT2D eigenvalue weighted by molar-refractivity contribution is -0.116. The smallest absolute Gasteiger partial charge is 0.255 e. The molecule has 208 valence electrons. The molecular formula is C31H30ClN7O2. The van der Waals surface area contributed by atoms with Crippen molar-refractivity contribution in [2.75, 3.05) is 36.6 Å². The van der Waals surface area contributed by atoms with Crippen LogP contribution in [-0.4, -0.2) is 52.3 Å². The molecule has 0 saturated heterocycles. The van der Waals surface area contributed by atoms with Gasteiger partial charge in [-0.3, -0.25) is 9.59 Å². The fraction of sp³-hybridized carbons (Fsp3) is 0.161. The van der Waals surface area contributed by atoms with Crippen LogP contribution in [0.15, 0.2) is 85.2 Å². The first-order chi connectivity index (χ1) is 19.9. The van der Waals surface area contributed by atoms with Crippen molar-refractivity contribution in [3.63, 3.8) is 0 Å². The van der Waals surface area contributed by atoms with Crippen molar-refractivity contribution in [3.05, 3.63) is 95.8 Å². The molecule has 0 atom stereocenters. The number of anilines is 4. The normalized spacial score (nSPS) is 11.0. The van der Waals surface area contributed by atoms with E-state index in [1.54, 1.807) is 42.6 Å². The van der Waals surface area contributed by atoms with Crippen molar-refractivity contribution in [2.45, 2.75) is 12.8 Å². The lowest BCUT2D eigenvalue weighted by Crippen LogP contribution is -2.17. The topological polar surface area (TPSA) is 115 Å². The number of aromatic nitrogens is 3. The van der Waals surface area contributed by atoms with Crippen LogP contribution in [0.1, 0.15) is 23.2 Å². The van der Waals surface area contributed by atoms with Crippen molar-refractivity contribution in [3.8, 4) is 11.3 Å². The molecule has 4 N–H and O–H groups in total. The molecule has 0 unspecified atom stereocenters. The van der Waals surface area contributed by atoms with Gasteiger partial charge in [0.25, 0.3) is 5.91 Å². The zero-order valence-electron chi connectivity index (χ0n) is 22.7. The standard InChI is InChI=1S/C31H30ClN7O2/c1-39(2)17-5-10-28(40)35-21-13-11-20(12-14-21)30(41)36-22-6-3-7-23(18-22)37-31-34-19-26(32)29(38-31)25-8-4-9-27-24(25)15-16-33-27/h3-4,6-9,11-16,18-19,33H,5,10,17H2,1-2H3,(H,35,40)(H,36,41)(H,34,37,38). The van der Waals surface area contributed by atoms with E-state index in [4.69, 9.17) is 11.6 Å². The van der Waals surface area contributed by atoms with Crippen LogP contribution in [0.2, 0.25) is 5.02 Å². The average Bonchev–Trinajstić information content (AvgIpc) is 3.44. The Labute approximate surface area is 243 Å². The minimum Gasteiger partial charge on any atom is -0.361 e. The molecule has 0 radical (unpaired) electrons. The number of carbonyl (C=O) groups excluding carboxylic acids is 2. The van der Waals surface area contributed by atoms with E-state index in [1.165, 1.54) is 0 Å². The number of nitrogens with one attached hydrogen (secondary N) is 4. The lowest BCUT2D eigenvalue weighted by atomic mass is 10.1. The van der Waals surface area contributed by atoms with Gasteiger partial charge in [0.05, 0.1) is 16.9 Å². The van der Waals surface area contributed by atoms with Gasteiger partial charge in [0.2, 0.25) is 11.9 Å². The third-order valence-corrected chi connectivity index (χ3v) is 6.69. The summed E-state index contributed by atoms with van der Waals surface area (Å²) in [6.07, 6.45) is 4.67. The number of H-pyrrole nitrogens is 1. The number of halogens is 1. The number of hydrogen-bond acceptors (Lipinski definition) is 6. The molecule has 3 aromatic carbocycles. The van der Waals surface area contributed by atoms with Gasteiger partial charge >= 0.3 is 0 Å². The highest BCUT2D eigenvalue weighted by Gasteiger charge is 2.13. The zero-order chi connectivity index (χ0) is 28.8. The Hall–Kier alpha value is -4.73. The molecule has 0 bridgehead atoms. The van der Waals surface area contributed by atoms with Crippen LogP contribution in [0, 0.1) is 0 Å². The second-order valence-electron chi connectivity index (χ2n) is 9.83. The molecule has 0 aliphatic rings. The summed E-state index contributed by atoms with van der Waals surface area (Å²) in [4.78, 5) is 39.3. The van der Waals surface area contributed by atoms with Gasteiger partial charge in [-0.25, -0.2) is 9.97 Å². The third kappa shape index (κ3) is 7.08. The van der Waals surface area contributed by atoms with E-state index in [0.717, 1.165) is 29.4 Å². The Morgan fingerprint density at radius 3 is 2.51 bits per heavy atom. The summed E-state index contributed by atoms with van der Waals surface area (Å²) in [5.41, 5.74) is 4.93. The maximum atomic E-state index is 12.9. The van der Waals surface area contributed by atoms with E-state index in [-0.39, 0.29) is 11.8 Å². The number of nitrogens with zero attached hydrogens (tertiary/aromatic N) is 3. The number of aromatic amines is 1. The predicted molar refractivity (Wildman–Crippen MR) is 165 cm³/mol. The first kappa shape index (κ1) is 27.8. The van der Waals surface area contributed by atoms with Crippen LogP contribution in [0.3, 0.4) is 0 Å². The third-order valence-electron chi connectivity index (χ3n) is 6.41. The van der Waals surface area contributed by atoms with E-state index in [9.17, 15) is 9.59 Å². The number of carbonyl (C=O) groups is 2. The zero-order valence-corrected chi connectivity index (χ0v) is 23.5. The van der Waals surface area contributed by atoms with Gasteiger partial charge < -0.3 is 25.8 Å². The summed E-state index contributed by atoms with van der Waals surface area (Å²) in [5, 5.41) is 10.4. The van der Waals surface area contributed by atoms with E-state index >= 15 is 0 Å². The molecule has 9 nitrogen and oxygen atoms in total. The van der Waals surface area contributed by atoms with Crippen molar-refractivity contribution in [1.29, 1.82) is 0 Å². The molecule has 0 aliphatic heterocycles. The molecule has 10 heteroatoms. The van der Waals surface area contributed by atoms with E-state index in [2.05, 4.69) is 30.9 Å². The van der Waals surface area contributed by atoms with Gasteiger partial charge in [-0.05, 0) is 81.7 Å². The highest BCUT2D eigenvalue weighted by atomic mass is 35.5. The van der Waals surface area contributed by atoms with Crippen LogP contribution in [0.4, 0.5) is 23.0 Å². The molecule has 0 aliphatic carbocycles. The van der Waals surface area contributed by atoms with Gasteiger partial charge in [0.15, 0.2) is 0 Å². The maximum Gasteiger partial charge on any atom is 0.255 e. The Morgan fingerprint density at radius 1 is 0.927 bits per heavy atom. The molecule has 0 spiro atoms. The summed E-state index contributed by atoms with van der Waals surface area (Å²) in [6.45, 7) is 0.849. The largest absolute Gasteiger partial charge is 0.361 e. The van der Waals surface area contributed by atoms with E-state index in [1.807, 2.05) is 61.6 Å². The van der Waals surface area contributed by atoms with Crippen molar-refractivity contribution in [1.82, 2.24) is 19.9 Å².